The third kappa shape index (κ3) is 3.40. The highest BCUT2D eigenvalue weighted by molar-refractivity contribution is 5.67. The first kappa shape index (κ1) is 11.8. The van der Waals surface area contributed by atoms with Crippen LogP contribution in [0.15, 0.2) is 30.3 Å². The van der Waals surface area contributed by atoms with Crippen molar-refractivity contribution < 1.29 is 0 Å². The summed E-state index contributed by atoms with van der Waals surface area (Å²) in [5.74, 6) is 0. The molecule has 1 aliphatic rings. The first-order chi connectivity index (χ1) is 7.36. The molecule has 82 valence electrons. The van der Waals surface area contributed by atoms with Crippen molar-refractivity contribution in [3.05, 3.63) is 35.9 Å². The second kappa shape index (κ2) is 6.25. The molecule has 1 aromatic rings. The molecule has 0 radical (unpaired) electrons. The lowest BCUT2D eigenvalue weighted by Gasteiger charge is -2.14. The smallest absolute Gasteiger partial charge is 0.0314 e. The second-order valence-corrected chi connectivity index (χ2v) is 3.31. The summed E-state index contributed by atoms with van der Waals surface area (Å²) in [7, 11) is 0. The van der Waals surface area contributed by atoms with E-state index in [-0.39, 0.29) is 0 Å². The van der Waals surface area contributed by atoms with Gasteiger partial charge in [0.05, 0.1) is 0 Å². The van der Waals surface area contributed by atoms with Crippen LogP contribution in [0.1, 0.15) is 25.8 Å². The lowest BCUT2D eigenvalue weighted by atomic mass is 10.0. The van der Waals surface area contributed by atoms with E-state index in [9.17, 15) is 0 Å². The molecule has 1 aromatic carbocycles. The molecular formula is C13H20N2. The molecule has 2 heteroatoms. The molecule has 0 saturated heterocycles. The predicted molar refractivity (Wildman–Crippen MR) is 67.7 cm³/mol. The molecule has 1 aliphatic heterocycles. The van der Waals surface area contributed by atoms with Crippen LogP contribution in [0, 0.1) is 0 Å². The summed E-state index contributed by atoms with van der Waals surface area (Å²) < 4.78 is 0. The summed E-state index contributed by atoms with van der Waals surface area (Å²) in [4.78, 5) is 0. The topological polar surface area (TPSA) is 38.0 Å². The fourth-order valence-electron chi connectivity index (χ4n) is 1.58. The monoisotopic (exact) mass is 204 g/mol. The Hall–Kier alpha value is -1.28. The molecular weight excluding hydrogens is 184 g/mol. The third-order valence-corrected chi connectivity index (χ3v) is 2.35. The van der Waals surface area contributed by atoms with E-state index >= 15 is 0 Å². The normalized spacial score (nSPS) is 14.9. The van der Waals surface area contributed by atoms with Gasteiger partial charge in [0.2, 0.25) is 0 Å². The van der Waals surface area contributed by atoms with Crippen molar-refractivity contribution in [1.29, 1.82) is 0 Å². The molecule has 0 saturated carbocycles. The maximum absolute atomic E-state index is 5.62. The van der Waals surface area contributed by atoms with Gasteiger partial charge in [-0.05, 0) is 36.2 Å². The van der Waals surface area contributed by atoms with E-state index in [4.69, 9.17) is 5.73 Å². The molecule has 1 heterocycles. The van der Waals surface area contributed by atoms with Crippen molar-refractivity contribution in [3.8, 4) is 0 Å². The Kier molecular flexibility index (Phi) is 4.91. The molecule has 2 rings (SSSR count). The maximum Gasteiger partial charge on any atom is 0.0314 e. The number of nitrogens with two attached hydrogens (primary N) is 1. The Balaban J connectivity index is 0.000000531. The Bertz CT molecular complexity index is 312. The summed E-state index contributed by atoms with van der Waals surface area (Å²) in [6.07, 6.45) is 3.36. The van der Waals surface area contributed by atoms with Crippen molar-refractivity contribution >= 4 is 11.3 Å². The van der Waals surface area contributed by atoms with Gasteiger partial charge in [0.1, 0.15) is 0 Å². The van der Waals surface area contributed by atoms with E-state index in [1.807, 2.05) is 26.0 Å². The standard InChI is InChI=1S/C11H14N2.C2H6/c12-11-3-1-9(2-4-11)10-5-7-13-8-6-10;1-2/h1-5,13H,6-8,12H2;1-2H3. The first-order valence-electron chi connectivity index (χ1n) is 5.62. The van der Waals surface area contributed by atoms with Crippen LogP contribution in [-0.2, 0) is 0 Å². The lowest BCUT2D eigenvalue weighted by molar-refractivity contribution is 0.738. The molecule has 0 unspecified atom stereocenters. The van der Waals surface area contributed by atoms with Crippen molar-refractivity contribution in [3.63, 3.8) is 0 Å². The van der Waals surface area contributed by atoms with Crippen molar-refractivity contribution in [2.45, 2.75) is 20.3 Å². The summed E-state index contributed by atoms with van der Waals surface area (Å²) in [6.45, 7) is 6.07. The minimum atomic E-state index is 0.832. The van der Waals surface area contributed by atoms with Gasteiger partial charge in [-0.15, -0.1) is 0 Å². The Morgan fingerprint density at radius 3 is 2.33 bits per heavy atom. The average molecular weight is 204 g/mol. The van der Waals surface area contributed by atoms with Crippen LogP contribution in [0.4, 0.5) is 5.69 Å². The zero-order valence-corrected chi connectivity index (χ0v) is 9.59. The number of nitrogens with one attached hydrogen (secondary N) is 1. The quantitative estimate of drug-likeness (QED) is 0.690. The summed E-state index contributed by atoms with van der Waals surface area (Å²) >= 11 is 0. The average Bonchev–Trinajstić information content (AvgIpc) is 2.34. The summed E-state index contributed by atoms with van der Waals surface area (Å²) in [6, 6.07) is 8.09. The minimum Gasteiger partial charge on any atom is -0.399 e. The SMILES string of the molecule is CC.Nc1ccc(C2=CCNCC2)cc1. The zero-order chi connectivity index (χ0) is 11.1. The van der Waals surface area contributed by atoms with Crippen LogP contribution in [-0.4, -0.2) is 13.1 Å². The van der Waals surface area contributed by atoms with Gasteiger partial charge < -0.3 is 11.1 Å². The summed E-state index contributed by atoms with van der Waals surface area (Å²) in [5, 5.41) is 3.29. The highest BCUT2D eigenvalue weighted by atomic mass is 14.8. The number of hydrogen-bond acceptors (Lipinski definition) is 2. The molecule has 0 bridgehead atoms. The molecule has 0 aliphatic carbocycles. The van der Waals surface area contributed by atoms with Gasteiger partial charge >= 0.3 is 0 Å². The van der Waals surface area contributed by atoms with Gasteiger partial charge in [0.15, 0.2) is 0 Å². The predicted octanol–water partition coefficient (Wildman–Crippen LogP) is 2.67. The van der Waals surface area contributed by atoms with Crippen molar-refractivity contribution in [2.24, 2.45) is 0 Å². The molecule has 0 atom stereocenters. The van der Waals surface area contributed by atoms with Crippen LogP contribution >= 0.6 is 0 Å². The minimum absolute atomic E-state index is 0.832. The number of nitrogen functional groups attached to an aromatic ring is 1. The number of benzene rings is 1. The van der Waals surface area contributed by atoms with Crippen LogP contribution < -0.4 is 11.1 Å². The summed E-state index contributed by atoms with van der Waals surface area (Å²) in [5.41, 5.74) is 9.19. The third-order valence-electron chi connectivity index (χ3n) is 2.35. The fourth-order valence-corrected chi connectivity index (χ4v) is 1.58. The Morgan fingerprint density at radius 2 is 1.80 bits per heavy atom. The Labute approximate surface area is 92.2 Å². The largest absolute Gasteiger partial charge is 0.399 e. The molecule has 0 fully saturated rings. The molecule has 3 N–H and O–H groups in total. The highest BCUT2D eigenvalue weighted by Gasteiger charge is 2.04. The van der Waals surface area contributed by atoms with Gasteiger partial charge in [-0.25, -0.2) is 0 Å². The molecule has 15 heavy (non-hydrogen) atoms. The van der Waals surface area contributed by atoms with E-state index in [1.165, 1.54) is 11.1 Å². The van der Waals surface area contributed by atoms with Crippen molar-refractivity contribution in [2.75, 3.05) is 18.8 Å². The fraction of sp³-hybridized carbons (Fsp3) is 0.385. The molecule has 0 spiro atoms. The molecule has 0 amide bonds. The van der Waals surface area contributed by atoms with E-state index in [0.717, 1.165) is 25.2 Å². The van der Waals surface area contributed by atoms with E-state index in [0.29, 0.717) is 0 Å². The van der Waals surface area contributed by atoms with Gasteiger partial charge in [-0.1, -0.05) is 32.1 Å². The second-order valence-electron chi connectivity index (χ2n) is 3.31. The van der Waals surface area contributed by atoms with Gasteiger partial charge in [-0.2, -0.15) is 0 Å². The van der Waals surface area contributed by atoms with Gasteiger partial charge in [-0.3, -0.25) is 0 Å². The first-order valence-corrected chi connectivity index (χ1v) is 5.62. The Morgan fingerprint density at radius 1 is 1.13 bits per heavy atom. The van der Waals surface area contributed by atoms with E-state index < -0.39 is 0 Å². The van der Waals surface area contributed by atoms with Gasteiger partial charge in [0.25, 0.3) is 0 Å². The highest BCUT2D eigenvalue weighted by Crippen LogP contribution is 2.20. The van der Waals surface area contributed by atoms with Crippen LogP contribution in [0.2, 0.25) is 0 Å². The lowest BCUT2D eigenvalue weighted by Crippen LogP contribution is -2.19. The van der Waals surface area contributed by atoms with E-state index in [1.54, 1.807) is 0 Å². The van der Waals surface area contributed by atoms with Crippen LogP contribution in [0.3, 0.4) is 0 Å². The maximum atomic E-state index is 5.62. The van der Waals surface area contributed by atoms with Crippen LogP contribution in [0.5, 0.6) is 0 Å². The number of hydrogen-bond donors (Lipinski definition) is 2. The molecule has 2 nitrogen and oxygen atoms in total. The van der Waals surface area contributed by atoms with E-state index in [2.05, 4.69) is 23.5 Å². The molecule has 0 aromatic heterocycles. The zero-order valence-electron chi connectivity index (χ0n) is 9.59. The number of anilines is 1. The van der Waals surface area contributed by atoms with Crippen molar-refractivity contribution in [1.82, 2.24) is 5.32 Å². The van der Waals surface area contributed by atoms with Crippen LogP contribution in [0.25, 0.3) is 5.57 Å². The number of rotatable bonds is 1. The van der Waals surface area contributed by atoms with Gasteiger partial charge in [0, 0.05) is 12.2 Å².